The van der Waals surface area contributed by atoms with Crippen molar-refractivity contribution < 1.29 is 0 Å². The molecule has 0 aliphatic heterocycles. The highest BCUT2D eigenvalue weighted by molar-refractivity contribution is 7.79. The molecule has 6 rings (SSSR count). The predicted molar refractivity (Wildman–Crippen MR) is 138 cm³/mol. The Morgan fingerprint density at radius 3 is 1.16 bits per heavy atom. The molecule has 0 unspecified atom stereocenters. The lowest BCUT2D eigenvalue weighted by molar-refractivity contribution is 1.75. The van der Waals surface area contributed by atoms with Gasteiger partial charge in [0.05, 0.1) is 0 Å². The SMILES string of the molecule is c1ccc(P(c2ccccc2)c2ccc3c4ccccc4c4ccccc4c3c2)cc1. The van der Waals surface area contributed by atoms with E-state index in [-0.39, 0.29) is 0 Å². The molecule has 0 spiro atoms. The van der Waals surface area contributed by atoms with E-state index in [0.29, 0.717) is 0 Å². The third-order valence-electron chi connectivity index (χ3n) is 6.01. The summed E-state index contributed by atoms with van der Waals surface area (Å²) in [4.78, 5) is 0. The Balaban J connectivity index is 1.68. The van der Waals surface area contributed by atoms with Crippen LogP contribution < -0.4 is 15.9 Å². The third kappa shape index (κ3) is 3.12. The van der Waals surface area contributed by atoms with Gasteiger partial charge in [0.1, 0.15) is 0 Å². The topological polar surface area (TPSA) is 0 Å². The molecule has 0 saturated heterocycles. The van der Waals surface area contributed by atoms with E-state index < -0.39 is 7.92 Å². The predicted octanol–water partition coefficient (Wildman–Crippen LogP) is 6.90. The normalized spacial score (nSPS) is 11.5. The van der Waals surface area contributed by atoms with E-state index in [1.54, 1.807) is 0 Å². The molecule has 0 aliphatic carbocycles. The van der Waals surface area contributed by atoms with Crippen LogP contribution in [0.2, 0.25) is 0 Å². The maximum Gasteiger partial charge on any atom is -0.00924 e. The van der Waals surface area contributed by atoms with Crippen LogP contribution in [0.15, 0.2) is 127 Å². The fourth-order valence-electron chi connectivity index (χ4n) is 4.64. The van der Waals surface area contributed by atoms with Crippen LogP contribution in [0.25, 0.3) is 32.3 Å². The number of fused-ring (bicyclic) bond motifs is 6. The molecule has 0 N–H and O–H groups in total. The summed E-state index contributed by atoms with van der Waals surface area (Å²) in [6.45, 7) is 0. The molecule has 6 aromatic carbocycles. The summed E-state index contributed by atoms with van der Waals surface area (Å²) in [5.74, 6) is 0. The fourth-order valence-corrected chi connectivity index (χ4v) is 6.95. The molecule has 0 aliphatic rings. The van der Waals surface area contributed by atoms with Gasteiger partial charge in [-0.05, 0) is 62.2 Å². The van der Waals surface area contributed by atoms with Gasteiger partial charge in [0, 0.05) is 0 Å². The molecule has 0 aromatic heterocycles. The van der Waals surface area contributed by atoms with Gasteiger partial charge in [-0.2, -0.15) is 0 Å². The lowest BCUT2D eigenvalue weighted by Crippen LogP contribution is -2.20. The Bertz CT molecular complexity index is 1440. The van der Waals surface area contributed by atoms with Crippen molar-refractivity contribution in [3.05, 3.63) is 127 Å². The Morgan fingerprint density at radius 1 is 0.290 bits per heavy atom. The van der Waals surface area contributed by atoms with Gasteiger partial charge in [-0.15, -0.1) is 0 Å². The van der Waals surface area contributed by atoms with Gasteiger partial charge in [-0.3, -0.25) is 0 Å². The minimum Gasteiger partial charge on any atom is -0.0622 e. The largest absolute Gasteiger partial charge is 0.0622 e. The van der Waals surface area contributed by atoms with Crippen molar-refractivity contribution in [1.29, 1.82) is 0 Å². The molecule has 0 bridgehead atoms. The van der Waals surface area contributed by atoms with Crippen molar-refractivity contribution in [2.45, 2.75) is 0 Å². The average Bonchev–Trinajstić information content (AvgIpc) is 2.86. The van der Waals surface area contributed by atoms with Gasteiger partial charge in [0.25, 0.3) is 0 Å². The Hall–Kier alpha value is -3.47. The minimum atomic E-state index is -0.618. The summed E-state index contributed by atoms with van der Waals surface area (Å²) in [5, 5.41) is 12.1. The van der Waals surface area contributed by atoms with Crippen LogP contribution in [0.1, 0.15) is 0 Å². The molecular formula is C30H21P. The number of hydrogen-bond donors (Lipinski definition) is 0. The summed E-state index contributed by atoms with van der Waals surface area (Å²) in [6.07, 6.45) is 0. The van der Waals surface area contributed by atoms with Crippen molar-refractivity contribution in [3.8, 4) is 0 Å². The van der Waals surface area contributed by atoms with Gasteiger partial charge < -0.3 is 0 Å². The molecule has 0 heterocycles. The molecule has 0 fully saturated rings. The van der Waals surface area contributed by atoms with Crippen LogP contribution >= 0.6 is 7.92 Å². The lowest BCUT2D eigenvalue weighted by Gasteiger charge is -2.20. The number of benzene rings is 6. The summed E-state index contributed by atoms with van der Waals surface area (Å²) >= 11 is 0. The Labute approximate surface area is 183 Å². The first kappa shape index (κ1) is 18.3. The molecule has 6 aromatic rings. The Kier molecular flexibility index (Phi) is 4.52. The van der Waals surface area contributed by atoms with Crippen LogP contribution in [-0.4, -0.2) is 0 Å². The van der Waals surface area contributed by atoms with Gasteiger partial charge in [-0.1, -0.05) is 121 Å². The zero-order valence-corrected chi connectivity index (χ0v) is 18.0. The highest BCUT2D eigenvalue weighted by atomic mass is 31.1. The van der Waals surface area contributed by atoms with Crippen LogP contribution in [0, 0.1) is 0 Å². The van der Waals surface area contributed by atoms with Gasteiger partial charge in [0.15, 0.2) is 0 Å². The van der Waals surface area contributed by atoms with E-state index in [9.17, 15) is 0 Å². The van der Waals surface area contributed by atoms with E-state index in [1.807, 2.05) is 0 Å². The minimum absolute atomic E-state index is 0.618. The zero-order valence-electron chi connectivity index (χ0n) is 17.1. The molecule has 0 saturated carbocycles. The second-order valence-electron chi connectivity index (χ2n) is 7.83. The van der Waals surface area contributed by atoms with Gasteiger partial charge in [0.2, 0.25) is 0 Å². The first-order valence-corrected chi connectivity index (χ1v) is 12.0. The van der Waals surface area contributed by atoms with Crippen LogP contribution in [0.4, 0.5) is 0 Å². The van der Waals surface area contributed by atoms with Crippen molar-refractivity contribution in [1.82, 2.24) is 0 Å². The monoisotopic (exact) mass is 412 g/mol. The molecule has 0 nitrogen and oxygen atoms in total. The van der Waals surface area contributed by atoms with Crippen LogP contribution in [0.5, 0.6) is 0 Å². The lowest BCUT2D eigenvalue weighted by atomic mass is 9.94. The second-order valence-corrected chi connectivity index (χ2v) is 10.0. The summed E-state index contributed by atoms with van der Waals surface area (Å²) in [7, 11) is -0.618. The van der Waals surface area contributed by atoms with Crippen molar-refractivity contribution in [2.24, 2.45) is 0 Å². The van der Waals surface area contributed by atoms with E-state index in [2.05, 4.69) is 127 Å². The van der Waals surface area contributed by atoms with Gasteiger partial charge >= 0.3 is 0 Å². The molecule has 0 radical (unpaired) electrons. The second kappa shape index (κ2) is 7.65. The highest BCUT2D eigenvalue weighted by Crippen LogP contribution is 2.38. The number of hydrogen-bond acceptors (Lipinski definition) is 0. The molecule has 31 heavy (non-hydrogen) atoms. The molecule has 0 amide bonds. The van der Waals surface area contributed by atoms with E-state index in [1.165, 1.54) is 48.2 Å². The van der Waals surface area contributed by atoms with Crippen LogP contribution in [0.3, 0.4) is 0 Å². The quantitative estimate of drug-likeness (QED) is 0.219. The van der Waals surface area contributed by atoms with E-state index >= 15 is 0 Å². The van der Waals surface area contributed by atoms with Crippen molar-refractivity contribution in [2.75, 3.05) is 0 Å². The average molecular weight is 412 g/mol. The zero-order chi connectivity index (χ0) is 20.6. The van der Waals surface area contributed by atoms with Crippen molar-refractivity contribution >= 4 is 56.2 Å². The first-order valence-electron chi connectivity index (χ1n) is 10.6. The maximum absolute atomic E-state index is 2.44. The highest BCUT2D eigenvalue weighted by Gasteiger charge is 2.17. The molecule has 0 atom stereocenters. The van der Waals surface area contributed by atoms with Gasteiger partial charge in [-0.25, -0.2) is 0 Å². The standard InChI is InChI=1S/C30H21P/c1-3-11-22(12-4-1)31(23-13-5-2-6-14-23)24-19-20-29-27-17-8-7-15-25(27)26-16-9-10-18-28(26)30(29)21-24/h1-21H. The summed E-state index contributed by atoms with van der Waals surface area (Å²) in [6, 6.07) is 46.6. The first-order chi connectivity index (χ1) is 15.4. The molecule has 146 valence electrons. The number of rotatable bonds is 3. The van der Waals surface area contributed by atoms with Crippen LogP contribution in [-0.2, 0) is 0 Å². The third-order valence-corrected chi connectivity index (χ3v) is 8.44. The maximum atomic E-state index is 2.44. The summed E-state index contributed by atoms with van der Waals surface area (Å²) in [5.41, 5.74) is 0. The van der Waals surface area contributed by atoms with E-state index in [4.69, 9.17) is 0 Å². The smallest absolute Gasteiger partial charge is 0.00924 e. The fraction of sp³-hybridized carbons (Fsp3) is 0. The molecule has 1 heteroatoms. The Morgan fingerprint density at radius 2 is 0.677 bits per heavy atom. The summed E-state index contributed by atoms with van der Waals surface area (Å²) < 4.78 is 0. The molecular weight excluding hydrogens is 391 g/mol. The van der Waals surface area contributed by atoms with Crippen molar-refractivity contribution in [3.63, 3.8) is 0 Å². The van der Waals surface area contributed by atoms with E-state index in [0.717, 1.165) is 0 Å².